The van der Waals surface area contributed by atoms with Crippen molar-refractivity contribution in [3.63, 3.8) is 0 Å². The van der Waals surface area contributed by atoms with Gasteiger partial charge in [-0.3, -0.25) is 9.69 Å². The molecule has 110 valence electrons. The zero-order chi connectivity index (χ0) is 14.5. The number of ketones is 1. The fraction of sp³-hybridized carbons (Fsp3) is 0.562. The van der Waals surface area contributed by atoms with Gasteiger partial charge in [-0.05, 0) is 44.0 Å². The highest BCUT2D eigenvalue weighted by atomic mass is 16.5. The minimum atomic E-state index is 0.110. The molecule has 0 amide bonds. The van der Waals surface area contributed by atoms with E-state index in [0.29, 0.717) is 17.9 Å². The van der Waals surface area contributed by atoms with Crippen LogP contribution in [0.4, 0.5) is 0 Å². The SMILES string of the molecule is COc1cc(C)ccc1C(=O)CN1CCCC(OC)C1. The Hall–Kier alpha value is -1.39. The Kier molecular flexibility index (Phi) is 5.15. The number of ether oxygens (including phenoxy) is 2. The molecule has 1 saturated heterocycles. The van der Waals surface area contributed by atoms with Crippen LogP contribution >= 0.6 is 0 Å². The van der Waals surface area contributed by atoms with Gasteiger partial charge in [0.25, 0.3) is 0 Å². The van der Waals surface area contributed by atoms with E-state index in [4.69, 9.17) is 9.47 Å². The molecule has 0 saturated carbocycles. The predicted molar refractivity (Wildman–Crippen MR) is 78.5 cm³/mol. The molecule has 0 aromatic heterocycles. The third kappa shape index (κ3) is 3.58. The number of Topliss-reactive ketones (excluding diaryl/α,β-unsaturated/α-hetero) is 1. The molecule has 4 nitrogen and oxygen atoms in total. The Labute approximate surface area is 120 Å². The van der Waals surface area contributed by atoms with Crippen molar-refractivity contribution in [3.05, 3.63) is 29.3 Å². The molecule has 4 heteroatoms. The smallest absolute Gasteiger partial charge is 0.180 e. The molecular formula is C16H23NO3. The summed E-state index contributed by atoms with van der Waals surface area (Å²) >= 11 is 0. The third-order valence-electron chi connectivity index (χ3n) is 3.82. The molecule has 0 N–H and O–H groups in total. The Morgan fingerprint density at radius 2 is 2.20 bits per heavy atom. The largest absolute Gasteiger partial charge is 0.496 e. The highest BCUT2D eigenvalue weighted by molar-refractivity contribution is 6.00. The number of methoxy groups -OCH3 is 2. The lowest BCUT2D eigenvalue weighted by Crippen LogP contribution is -2.41. The van der Waals surface area contributed by atoms with E-state index in [1.54, 1.807) is 14.2 Å². The summed E-state index contributed by atoms with van der Waals surface area (Å²) in [5.74, 6) is 0.772. The zero-order valence-electron chi connectivity index (χ0n) is 12.5. The second-order valence-corrected chi connectivity index (χ2v) is 5.36. The lowest BCUT2D eigenvalue weighted by atomic mass is 10.0. The first kappa shape index (κ1) is 15.0. The Morgan fingerprint density at radius 3 is 2.90 bits per heavy atom. The molecule has 20 heavy (non-hydrogen) atoms. The molecule has 0 spiro atoms. The number of benzene rings is 1. The van der Waals surface area contributed by atoms with Crippen LogP contribution in [0.25, 0.3) is 0 Å². The summed E-state index contributed by atoms with van der Waals surface area (Å²) in [6, 6.07) is 5.71. The molecule has 1 unspecified atom stereocenters. The molecule has 1 fully saturated rings. The van der Waals surface area contributed by atoms with Gasteiger partial charge in [0.2, 0.25) is 0 Å². The number of carbonyl (C=O) groups is 1. The van der Waals surface area contributed by atoms with Gasteiger partial charge in [-0.25, -0.2) is 0 Å². The van der Waals surface area contributed by atoms with Crippen LogP contribution in [0.5, 0.6) is 5.75 Å². The second kappa shape index (κ2) is 6.86. The first-order valence-electron chi connectivity index (χ1n) is 7.07. The first-order valence-corrected chi connectivity index (χ1v) is 7.07. The Bertz CT molecular complexity index is 473. The van der Waals surface area contributed by atoms with Crippen LogP contribution in [0, 0.1) is 6.92 Å². The number of likely N-dealkylation sites (tertiary alicyclic amines) is 1. The number of piperidine rings is 1. The maximum Gasteiger partial charge on any atom is 0.180 e. The number of aryl methyl sites for hydroxylation is 1. The van der Waals surface area contributed by atoms with Crippen LogP contribution in [0.1, 0.15) is 28.8 Å². The topological polar surface area (TPSA) is 38.8 Å². The normalized spacial score (nSPS) is 19.9. The van der Waals surface area contributed by atoms with Gasteiger partial charge in [-0.1, -0.05) is 6.07 Å². The quantitative estimate of drug-likeness (QED) is 0.774. The van der Waals surface area contributed by atoms with E-state index in [0.717, 1.165) is 31.5 Å². The van der Waals surface area contributed by atoms with E-state index in [1.165, 1.54) is 0 Å². The van der Waals surface area contributed by atoms with Crippen molar-refractivity contribution in [2.45, 2.75) is 25.9 Å². The number of hydrogen-bond donors (Lipinski definition) is 0. The molecule has 1 heterocycles. The highest BCUT2D eigenvalue weighted by Crippen LogP contribution is 2.21. The summed E-state index contributed by atoms with van der Waals surface area (Å²) in [6.07, 6.45) is 2.41. The average Bonchev–Trinajstić information content (AvgIpc) is 2.47. The summed E-state index contributed by atoms with van der Waals surface area (Å²) in [4.78, 5) is 14.6. The minimum Gasteiger partial charge on any atom is -0.496 e. The number of nitrogens with zero attached hydrogens (tertiary/aromatic N) is 1. The van der Waals surface area contributed by atoms with Crippen LogP contribution < -0.4 is 4.74 Å². The predicted octanol–water partition coefficient (Wildman–Crippen LogP) is 2.30. The molecule has 1 aliphatic heterocycles. The van der Waals surface area contributed by atoms with Crippen molar-refractivity contribution >= 4 is 5.78 Å². The summed E-state index contributed by atoms with van der Waals surface area (Å²) in [5.41, 5.74) is 1.76. The van der Waals surface area contributed by atoms with E-state index in [9.17, 15) is 4.79 Å². The minimum absolute atomic E-state index is 0.110. The molecule has 1 aromatic rings. The molecule has 1 atom stereocenters. The molecular weight excluding hydrogens is 254 g/mol. The van der Waals surface area contributed by atoms with E-state index in [1.807, 2.05) is 25.1 Å². The van der Waals surface area contributed by atoms with Crippen molar-refractivity contribution in [3.8, 4) is 5.75 Å². The van der Waals surface area contributed by atoms with Crippen molar-refractivity contribution in [1.29, 1.82) is 0 Å². The van der Waals surface area contributed by atoms with Crippen molar-refractivity contribution in [1.82, 2.24) is 4.90 Å². The van der Waals surface area contributed by atoms with E-state index >= 15 is 0 Å². The fourth-order valence-electron chi connectivity index (χ4n) is 2.67. The van der Waals surface area contributed by atoms with Gasteiger partial charge in [-0.15, -0.1) is 0 Å². The van der Waals surface area contributed by atoms with Crippen molar-refractivity contribution in [2.24, 2.45) is 0 Å². The van der Waals surface area contributed by atoms with Crippen LogP contribution in [-0.2, 0) is 4.74 Å². The molecule has 2 rings (SSSR count). The van der Waals surface area contributed by atoms with Crippen molar-refractivity contribution < 1.29 is 14.3 Å². The molecule has 0 radical (unpaired) electrons. The first-order chi connectivity index (χ1) is 9.63. The van der Waals surface area contributed by atoms with Gasteiger partial charge < -0.3 is 9.47 Å². The van der Waals surface area contributed by atoms with Gasteiger partial charge in [-0.2, -0.15) is 0 Å². The van der Waals surface area contributed by atoms with Gasteiger partial charge >= 0.3 is 0 Å². The van der Waals surface area contributed by atoms with Gasteiger partial charge in [0.1, 0.15) is 5.75 Å². The van der Waals surface area contributed by atoms with Gasteiger partial charge in [0.15, 0.2) is 5.78 Å². The molecule has 0 aliphatic carbocycles. The van der Waals surface area contributed by atoms with E-state index < -0.39 is 0 Å². The Morgan fingerprint density at radius 1 is 1.40 bits per heavy atom. The van der Waals surface area contributed by atoms with E-state index in [-0.39, 0.29) is 11.9 Å². The highest BCUT2D eigenvalue weighted by Gasteiger charge is 2.22. The average molecular weight is 277 g/mol. The van der Waals surface area contributed by atoms with E-state index in [2.05, 4.69) is 4.90 Å². The maximum absolute atomic E-state index is 12.4. The number of hydrogen-bond acceptors (Lipinski definition) is 4. The molecule has 1 aliphatic rings. The van der Waals surface area contributed by atoms with Crippen LogP contribution in [0.15, 0.2) is 18.2 Å². The number of carbonyl (C=O) groups excluding carboxylic acids is 1. The van der Waals surface area contributed by atoms with Gasteiger partial charge in [0, 0.05) is 13.7 Å². The Balaban J connectivity index is 2.04. The lowest BCUT2D eigenvalue weighted by molar-refractivity contribution is 0.0314. The second-order valence-electron chi connectivity index (χ2n) is 5.36. The van der Waals surface area contributed by atoms with Crippen LogP contribution in [0.3, 0.4) is 0 Å². The summed E-state index contributed by atoms with van der Waals surface area (Å²) in [5, 5.41) is 0. The fourth-order valence-corrected chi connectivity index (χ4v) is 2.67. The maximum atomic E-state index is 12.4. The standard InChI is InChI=1S/C16H23NO3/c1-12-6-7-14(16(9-12)20-3)15(18)11-17-8-4-5-13(10-17)19-2/h6-7,9,13H,4-5,8,10-11H2,1-3H3. The summed E-state index contributed by atoms with van der Waals surface area (Å²) in [7, 11) is 3.34. The van der Waals surface area contributed by atoms with Gasteiger partial charge in [0.05, 0.1) is 25.3 Å². The summed E-state index contributed by atoms with van der Waals surface area (Å²) < 4.78 is 10.7. The zero-order valence-corrected chi connectivity index (χ0v) is 12.5. The summed E-state index contributed by atoms with van der Waals surface area (Å²) in [6.45, 7) is 4.21. The third-order valence-corrected chi connectivity index (χ3v) is 3.82. The van der Waals surface area contributed by atoms with Crippen LogP contribution in [-0.4, -0.2) is 50.6 Å². The van der Waals surface area contributed by atoms with Crippen LogP contribution in [0.2, 0.25) is 0 Å². The lowest BCUT2D eigenvalue weighted by Gasteiger charge is -2.31. The molecule has 0 bridgehead atoms. The molecule has 1 aromatic carbocycles. The van der Waals surface area contributed by atoms with Crippen molar-refractivity contribution in [2.75, 3.05) is 33.9 Å². The monoisotopic (exact) mass is 277 g/mol. The number of rotatable bonds is 5.